The number of hydrogen-bond donors (Lipinski definition) is 3. The predicted molar refractivity (Wildman–Crippen MR) is 147 cm³/mol. The number of carbonyl (C=O) groups is 3. The number of hydrogen-bond acceptors (Lipinski definition) is 4. The summed E-state index contributed by atoms with van der Waals surface area (Å²) in [6.07, 6.45) is 2.54. The summed E-state index contributed by atoms with van der Waals surface area (Å²) in [4.78, 5) is 46.2. The minimum Gasteiger partial charge on any atom is -0.345 e. The van der Waals surface area contributed by atoms with Crippen LogP contribution < -0.4 is 21.5 Å². The van der Waals surface area contributed by atoms with Crippen LogP contribution in [-0.4, -0.2) is 22.8 Å². The second kappa shape index (κ2) is 12.6. The second-order valence-electron chi connectivity index (χ2n) is 9.07. The number of pyridine rings is 1. The van der Waals surface area contributed by atoms with Crippen LogP contribution in [0.4, 0.5) is 20.2 Å². The highest BCUT2D eigenvalue weighted by molar-refractivity contribution is 6.00. The maximum atomic E-state index is 13.4. The molecule has 1 aromatic heterocycles. The van der Waals surface area contributed by atoms with E-state index in [-0.39, 0.29) is 24.1 Å². The average Bonchev–Trinajstić information content (AvgIpc) is 3.32. The fourth-order valence-corrected chi connectivity index (χ4v) is 4.14. The molecular weight excluding hydrogens is 518 g/mol. The Kier molecular flexibility index (Phi) is 8.80. The van der Waals surface area contributed by atoms with Crippen molar-refractivity contribution in [2.45, 2.75) is 25.9 Å². The fraction of sp³-hybridized carbons (Fsp3) is 0.133. The Morgan fingerprint density at radius 2 is 1.77 bits per heavy atom. The number of rotatable bonds is 7. The lowest BCUT2D eigenvalue weighted by Crippen LogP contribution is -2.34. The SMILES string of the molecule is CC(NC(=O)c1cccn(Cc2ccc(F)c(F)c2)c1=O)c1ccccc1.O=CNc1ccc2c(c1)NC(=O)C2. The van der Waals surface area contributed by atoms with Gasteiger partial charge in [-0.05, 0) is 60.0 Å². The van der Waals surface area contributed by atoms with E-state index in [9.17, 15) is 28.0 Å². The topological polar surface area (TPSA) is 109 Å². The van der Waals surface area contributed by atoms with E-state index in [2.05, 4.69) is 16.0 Å². The number of benzene rings is 3. The largest absolute Gasteiger partial charge is 0.345 e. The summed E-state index contributed by atoms with van der Waals surface area (Å²) in [6.45, 7) is 1.86. The molecule has 0 fully saturated rings. The molecule has 10 heteroatoms. The predicted octanol–water partition coefficient (Wildman–Crippen LogP) is 4.42. The molecule has 1 aliphatic rings. The minimum absolute atomic E-state index is 0.00162. The maximum Gasteiger partial charge on any atom is 0.263 e. The first-order valence-electron chi connectivity index (χ1n) is 12.4. The van der Waals surface area contributed by atoms with Crippen molar-refractivity contribution >= 4 is 29.6 Å². The van der Waals surface area contributed by atoms with E-state index in [4.69, 9.17) is 0 Å². The molecule has 1 aliphatic heterocycles. The van der Waals surface area contributed by atoms with E-state index in [0.717, 1.165) is 28.9 Å². The Morgan fingerprint density at radius 3 is 2.50 bits per heavy atom. The molecule has 3 N–H and O–H groups in total. The third-order valence-electron chi connectivity index (χ3n) is 6.21. The molecule has 8 nitrogen and oxygen atoms in total. The zero-order valence-electron chi connectivity index (χ0n) is 21.5. The molecule has 0 aliphatic carbocycles. The molecule has 3 aromatic carbocycles. The van der Waals surface area contributed by atoms with Gasteiger partial charge in [0.1, 0.15) is 5.56 Å². The Labute approximate surface area is 228 Å². The standard InChI is InChI=1S/C21H18F2N2O2.C9H8N2O2/c1-14(16-6-3-2-4-7-16)24-20(26)17-8-5-11-25(21(17)27)13-15-9-10-18(22)19(23)12-15;12-5-10-7-2-1-6-3-9(13)11-8(6)4-7/h2-12,14H,13H2,1H3,(H,24,26);1-2,4-5H,3H2,(H,10,12)(H,11,13). The van der Waals surface area contributed by atoms with Gasteiger partial charge >= 0.3 is 0 Å². The Bertz CT molecular complexity index is 1610. The van der Waals surface area contributed by atoms with Crippen LogP contribution in [0.25, 0.3) is 0 Å². The number of amides is 3. The van der Waals surface area contributed by atoms with Gasteiger partial charge in [-0.15, -0.1) is 0 Å². The Morgan fingerprint density at radius 1 is 1.00 bits per heavy atom. The van der Waals surface area contributed by atoms with Crippen LogP contribution in [0.3, 0.4) is 0 Å². The van der Waals surface area contributed by atoms with Gasteiger partial charge in [-0.2, -0.15) is 0 Å². The molecule has 0 bridgehead atoms. The monoisotopic (exact) mass is 544 g/mol. The number of carbonyl (C=O) groups excluding carboxylic acids is 3. The quantitative estimate of drug-likeness (QED) is 0.300. The smallest absolute Gasteiger partial charge is 0.263 e. The highest BCUT2D eigenvalue weighted by atomic mass is 19.2. The summed E-state index contributed by atoms with van der Waals surface area (Å²) in [7, 11) is 0. The number of nitrogens with one attached hydrogen (secondary N) is 3. The summed E-state index contributed by atoms with van der Waals surface area (Å²) in [5.41, 5.74) is 3.28. The highest BCUT2D eigenvalue weighted by Crippen LogP contribution is 2.25. The Balaban J connectivity index is 0.000000236. The highest BCUT2D eigenvalue weighted by Gasteiger charge is 2.17. The van der Waals surface area contributed by atoms with E-state index in [0.29, 0.717) is 24.1 Å². The molecule has 2 heterocycles. The minimum atomic E-state index is -0.980. The Hall–Kier alpha value is -5.12. The van der Waals surface area contributed by atoms with Crippen LogP contribution >= 0.6 is 0 Å². The van der Waals surface area contributed by atoms with E-state index in [1.165, 1.54) is 22.9 Å². The van der Waals surface area contributed by atoms with Crippen molar-refractivity contribution < 1.29 is 23.2 Å². The molecule has 1 atom stereocenters. The van der Waals surface area contributed by atoms with Gasteiger partial charge in [0.2, 0.25) is 12.3 Å². The van der Waals surface area contributed by atoms with Crippen molar-refractivity contribution in [3.05, 3.63) is 129 Å². The number of aromatic nitrogens is 1. The zero-order chi connectivity index (χ0) is 28.6. The van der Waals surface area contributed by atoms with E-state index in [1.807, 2.05) is 43.3 Å². The van der Waals surface area contributed by atoms with Crippen LogP contribution in [0.1, 0.15) is 40.0 Å². The van der Waals surface area contributed by atoms with Crippen molar-refractivity contribution in [3.63, 3.8) is 0 Å². The van der Waals surface area contributed by atoms with Crippen molar-refractivity contribution in [1.29, 1.82) is 0 Å². The van der Waals surface area contributed by atoms with Crippen molar-refractivity contribution in [3.8, 4) is 0 Å². The summed E-state index contributed by atoms with van der Waals surface area (Å²) < 4.78 is 27.7. The first-order chi connectivity index (χ1) is 19.2. The molecule has 40 heavy (non-hydrogen) atoms. The number of fused-ring (bicyclic) bond motifs is 1. The summed E-state index contributed by atoms with van der Waals surface area (Å²) in [5, 5.41) is 8.02. The number of halogens is 2. The second-order valence-corrected chi connectivity index (χ2v) is 9.07. The van der Waals surface area contributed by atoms with Gasteiger partial charge in [0.15, 0.2) is 11.6 Å². The molecule has 0 radical (unpaired) electrons. The molecule has 5 rings (SSSR count). The molecule has 0 saturated heterocycles. The van der Waals surface area contributed by atoms with Crippen molar-refractivity contribution in [1.82, 2.24) is 9.88 Å². The molecular formula is C30H26F2N4O4. The van der Waals surface area contributed by atoms with Gasteiger partial charge in [-0.3, -0.25) is 19.2 Å². The molecule has 3 amide bonds. The van der Waals surface area contributed by atoms with Crippen LogP contribution in [0.15, 0.2) is 89.9 Å². The van der Waals surface area contributed by atoms with Crippen LogP contribution in [-0.2, 0) is 22.6 Å². The third kappa shape index (κ3) is 6.84. The number of anilines is 2. The molecule has 0 spiro atoms. The molecule has 1 unspecified atom stereocenters. The van der Waals surface area contributed by atoms with Gasteiger partial charge in [0.25, 0.3) is 11.5 Å². The molecule has 4 aromatic rings. The van der Waals surface area contributed by atoms with Crippen molar-refractivity contribution in [2.24, 2.45) is 0 Å². The molecule has 0 saturated carbocycles. The lowest BCUT2D eigenvalue weighted by Gasteiger charge is -2.15. The van der Waals surface area contributed by atoms with E-state index in [1.54, 1.807) is 18.2 Å². The first kappa shape index (κ1) is 27.9. The fourth-order valence-electron chi connectivity index (χ4n) is 4.14. The summed E-state index contributed by atoms with van der Waals surface area (Å²) >= 11 is 0. The van der Waals surface area contributed by atoms with Crippen molar-refractivity contribution in [2.75, 3.05) is 10.6 Å². The maximum absolute atomic E-state index is 13.4. The molecule has 204 valence electrons. The van der Waals surface area contributed by atoms with Crippen LogP contribution in [0.5, 0.6) is 0 Å². The van der Waals surface area contributed by atoms with Gasteiger partial charge in [-0.25, -0.2) is 8.78 Å². The van der Waals surface area contributed by atoms with Crippen LogP contribution in [0, 0.1) is 11.6 Å². The third-order valence-corrected chi connectivity index (χ3v) is 6.21. The van der Waals surface area contributed by atoms with Gasteiger partial charge in [0, 0.05) is 17.6 Å². The van der Waals surface area contributed by atoms with Gasteiger partial charge < -0.3 is 20.5 Å². The summed E-state index contributed by atoms with van der Waals surface area (Å²) in [5.74, 6) is -2.42. The zero-order valence-corrected chi connectivity index (χ0v) is 21.5. The normalized spacial score (nSPS) is 12.3. The lowest BCUT2D eigenvalue weighted by molar-refractivity contribution is -0.115. The lowest BCUT2D eigenvalue weighted by atomic mass is 10.1. The van der Waals surface area contributed by atoms with E-state index >= 15 is 0 Å². The summed E-state index contributed by atoms with van der Waals surface area (Å²) in [6, 6.07) is 20.9. The van der Waals surface area contributed by atoms with Gasteiger partial charge in [0.05, 0.1) is 19.0 Å². The average molecular weight is 545 g/mol. The number of nitrogens with zero attached hydrogens (tertiary/aromatic N) is 1. The van der Waals surface area contributed by atoms with Crippen LogP contribution in [0.2, 0.25) is 0 Å². The van der Waals surface area contributed by atoms with E-state index < -0.39 is 23.1 Å². The van der Waals surface area contributed by atoms with Gasteiger partial charge in [-0.1, -0.05) is 42.5 Å². The first-order valence-corrected chi connectivity index (χ1v) is 12.4.